The molecule has 3 aliphatic rings. The molecule has 26 heavy (non-hydrogen) atoms. The van der Waals surface area contributed by atoms with Crippen LogP contribution in [-0.2, 0) is 4.79 Å². The molecular weight excluding hydrogens is 330 g/mol. The number of rotatable bonds is 2. The van der Waals surface area contributed by atoms with E-state index >= 15 is 0 Å². The minimum atomic E-state index is -0.167. The summed E-state index contributed by atoms with van der Waals surface area (Å²) < 4.78 is 16.7. The Morgan fingerprint density at radius 1 is 1.08 bits per heavy atom. The van der Waals surface area contributed by atoms with Crippen molar-refractivity contribution < 1.29 is 19.0 Å². The molecular formula is C21H19NO4. The molecule has 0 saturated carbocycles. The molecule has 0 saturated heterocycles. The smallest absolute Gasteiger partial charge is 0.231 e. The maximum absolute atomic E-state index is 12.9. The average Bonchev–Trinajstić information content (AvgIpc) is 3.12. The van der Waals surface area contributed by atoms with E-state index in [0.29, 0.717) is 6.42 Å². The van der Waals surface area contributed by atoms with E-state index < -0.39 is 0 Å². The van der Waals surface area contributed by atoms with Crippen molar-refractivity contribution in [3.8, 4) is 17.2 Å². The molecule has 0 fully saturated rings. The van der Waals surface area contributed by atoms with Crippen molar-refractivity contribution in [3.63, 3.8) is 0 Å². The molecule has 2 aliphatic heterocycles. The van der Waals surface area contributed by atoms with E-state index in [4.69, 9.17) is 14.2 Å². The van der Waals surface area contributed by atoms with Crippen LogP contribution in [0.2, 0.25) is 0 Å². The third kappa shape index (κ3) is 2.20. The standard InChI is InChI=1S/C21H19NO4/c1-24-17-8-3-2-5-12(17)20-13-9-18-19(26-11-25-18)10-15(13)22-14-6-4-7-16(23)21(14)20/h2-3,5,8-10,20,22H,4,6-7,11H2,1H3/t20-/m0/s1. The van der Waals surface area contributed by atoms with Gasteiger partial charge < -0.3 is 19.5 Å². The van der Waals surface area contributed by atoms with Gasteiger partial charge in [-0.2, -0.15) is 0 Å². The number of ether oxygens (including phenoxy) is 3. The summed E-state index contributed by atoms with van der Waals surface area (Å²) in [6.07, 6.45) is 2.34. The van der Waals surface area contributed by atoms with Gasteiger partial charge in [-0.1, -0.05) is 18.2 Å². The number of hydrogen-bond acceptors (Lipinski definition) is 5. The zero-order valence-corrected chi connectivity index (χ0v) is 14.5. The number of ketones is 1. The molecule has 0 unspecified atom stereocenters. The summed E-state index contributed by atoms with van der Waals surface area (Å²) in [6, 6.07) is 11.9. The maximum Gasteiger partial charge on any atom is 0.231 e. The highest BCUT2D eigenvalue weighted by Crippen LogP contribution is 2.50. The summed E-state index contributed by atoms with van der Waals surface area (Å²) in [5.74, 6) is 2.28. The van der Waals surface area contributed by atoms with Crippen LogP contribution in [0.3, 0.4) is 0 Å². The van der Waals surface area contributed by atoms with Crippen molar-refractivity contribution in [2.75, 3.05) is 19.2 Å². The zero-order chi connectivity index (χ0) is 17.7. The fraction of sp³-hybridized carbons (Fsp3) is 0.286. The molecule has 0 amide bonds. The predicted molar refractivity (Wildman–Crippen MR) is 96.9 cm³/mol. The molecule has 5 nitrogen and oxygen atoms in total. The lowest BCUT2D eigenvalue weighted by molar-refractivity contribution is -0.116. The van der Waals surface area contributed by atoms with Gasteiger partial charge in [0.05, 0.1) is 7.11 Å². The Morgan fingerprint density at radius 2 is 1.88 bits per heavy atom. The van der Waals surface area contributed by atoms with Gasteiger partial charge in [-0.3, -0.25) is 4.79 Å². The van der Waals surface area contributed by atoms with E-state index in [9.17, 15) is 4.79 Å². The fourth-order valence-corrected chi connectivity index (χ4v) is 4.18. The van der Waals surface area contributed by atoms with Gasteiger partial charge in [-0.15, -0.1) is 0 Å². The molecule has 0 aromatic heterocycles. The maximum atomic E-state index is 12.9. The van der Waals surface area contributed by atoms with Crippen LogP contribution < -0.4 is 19.5 Å². The number of para-hydroxylation sites is 1. The third-order valence-electron chi connectivity index (χ3n) is 5.34. The summed E-state index contributed by atoms with van der Waals surface area (Å²) >= 11 is 0. The lowest BCUT2D eigenvalue weighted by Crippen LogP contribution is -2.27. The minimum absolute atomic E-state index is 0.167. The van der Waals surface area contributed by atoms with Gasteiger partial charge >= 0.3 is 0 Å². The van der Waals surface area contributed by atoms with Crippen LogP contribution in [0.4, 0.5) is 5.69 Å². The monoisotopic (exact) mass is 349 g/mol. The number of hydrogen-bond donors (Lipinski definition) is 1. The number of carbonyl (C=O) groups is 1. The van der Waals surface area contributed by atoms with E-state index in [0.717, 1.165) is 58.2 Å². The Hall–Kier alpha value is -2.95. The number of methoxy groups -OCH3 is 1. The van der Waals surface area contributed by atoms with Gasteiger partial charge in [0.2, 0.25) is 6.79 Å². The highest BCUT2D eigenvalue weighted by Gasteiger charge is 2.37. The molecule has 0 bridgehead atoms. The summed E-state index contributed by atoms with van der Waals surface area (Å²) in [5.41, 5.74) is 4.86. The Kier molecular flexibility index (Phi) is 3.42. The van der Waals surface area contributed by atoms with Crippen molar-refractivity contribution in [1.82, 2.24) is 0 Å². The molecule has 1 aliphatic carbocycles. The van der Waals surface area contributed by atoms with Crippen LogP contribution >= 0.6 is 0 Å². The summed E-state index contributed by atoms with van der Waals surface area (Å²) in [6.45, 7) is 0.226. The first-order chi connectivity index (χ1) is 12.8. The van der Waals surface area contributed by atoms with Crippen LogP contribution in [0, 0.1) is 0 Å². The molecule has 1 atom stereocenters. The quantitative estimate of drug-likeness (QED) is 0.888. The predicted octanol–water partition coefficient (Wildman–Crippen LogP) is 3.99. The number of benzene rings is 2. The molecule has 5 heteroatoms. The van der Waals surface area contributed by atoms with Crippen molar-refractivity contribution in [3.05, 3.63) is 58.8 Å². The molecule has 2 aromatic carbocycles. The first-order valence-corrected chi connectivity index (χ1v) is 8.86. The second-order valence-electron chi connectivity index (χ2n) is 6.76. The van der Waals surface area contributed by atoms with Crippen LogP contribution in [0.1, 0.15) is 36.3 Å². The van der Waals surface area contributed by atoms with E-state index in [-0.39, 0.29) is 18.5 Å². The molecule has 2 aromatic rings. The van der Waals surface area contributed by atoms with Gasteiger partial charge in [0.15, 0.2) is 17.3 Å². The fourth-order valence-electron chi connectivity index (χ4n) is 4.18. The van der Waals surface area contributed by atoms with Gasteiger partial charge in [-0.05, 0) is 30.5 Å². The number of Topliss-reactive ketones (excluding diaryl/α,β-unsaturated/α-hetero) is 1. The van der Waals surface area contributed by atoms with Crippen molar-refractivity contribution >= 4 is 11.5 Å². The van der Waals surface area contributed by atoms with Gasteiger partial charge in [-0.25, -0.2) is 0 Å². The lowest BCUT2D eigenvalue weighted by atomic mass is 9.75. The Labute approximate surface area is 151 Å². The Balaban J connectivity index is 1.76. The summed E-state index contributed by atoms with van der Waals surface area (Å²) in [7, 11) is 1.67. The third-order valence-corrected chi connectivity index (χ3v) is 5.34. The Bertz CT molecular complexity index is 947. The van der Waals surface area contributed by atoms with Gasteiger partial charge in [0.25, 0.3) is 0 Å². The molecule has 5 rings (SSSR count). The molecule has 0 spiro atoms. The summed E-state index contributed by atoms with van der Waals surface area (Å²) in [4.78, 5) is 12.9. The van der Waals surface area contributed by atoms with E-state index in [2.05, 4.69) is 5.32 Å². The van der Waals surface area contributed by atoms with Crippen molar-refractivity contribution in [2.45, 2.75) is 25.2 Å². The van der Waals surface area contributed by atoms with E-state index in [1.54, 1.807) is 7.11 Å². The topological polar surface area (TPSA) is 56.8 Å². The molecule has 0 radical (unpaired) electrons. The number of nitrogens with one attached hydrogen (secondary N) is 1. The van der Waals surface area contributed by atoms with Crippen LogP contribution in [-0.4, -0.2) is 19.7 Å². The average molecular weight is 349 g/mol. The number of fused-ring (bicyclic) bond motifs is 2. The van der Waals surface area contributed by atoms with Crippen LogP contribution in [0.15, 0.2) is 47.7 Å². The van der Waals surface area contributed by atoms with E-state index in [1.165, 1.54) is 0 Å². The van der Waals surface area contributed by atoms with Crippen LogP contribution in [0.5, 0.6) is 17.2 Å². The lowest BCUT2D eigenvalue weighted by Gasteiger charge is -2.34. The first kappa shape index (κ1) is 15.3. The van der Waals surface area contributed by atoms with Gasteiger partial charge in [0, 0.05) is 40.9 Å². The SMILES string of the molecule is COc1ccccc1[C@@H]1C2=C(CCCC2=O)Nc2cc3c(cc21)OCO3. The highest BCUT2D eigenvalue weighted by molar-refractivity contribution is 6.01. The molecule has 1 N–H and O–H groups in total. The summed E-state index contributed by atoms with van der Waals surface area (Å²) in [5, 5.41) is 3.48. The van der Waals surface area contributed by atoms with Crippen molar-refractivity contribution in [2.24, 2.45) is 0 Å². The number of allylic oxidation sites excluding steroid dienone is 2. The second-order valence-corrected chi connectivity index (χ2v) is 6.76. The minimum Gasteiger partial charge on any atom is -0.496 e. The molecule has 132 valence electrons. The zero-order valence-electron chi connectivity index (χ0n) is 14.5. The largest absolute Gasteiger partial charge is 0.496 e. The van der Waals surface area contributed by atoms with E-state index in [1.807, 2.05) is 36.4 Å². The second kappa shape index (κ2) is 5.80. The molecule has 2 heterocycles. The normalized spacial score (nSPS) is 20.3. The highest BCUT2D eigenvalue weighted by atomic mass is 16.7. The Morgan fingerprint density at radius 3 is 2.73 bits per heavy atom. The van der Waals surface area contributed by atoms with Gasteiger partial charge in [0.1, 0.15) is 5.75 Å². The first-order valence-electron chi connectivity index (χ1n) is 8.86. The number of anilines is 1. The van der Waals surface area contributed by atoms with Crippen molar-refractivity contribution in [1.29, 1.82) is 0 Å². The van der Waals surface area contributed by atoms with Crippen LogP contribution in [0.25, 0.3) is 0 Å². The number of carbonyl (C=O) groups excluding carboxylic acids is 1.